The van der Waals surface area contributed by atoms with Gasteiger partial charge in [-0.05, 0) is 61.0 Å². The summed E-state index contributed by atoms with van der Waals surface area (Å²) < 4.78 is 5.22. The average Bonchev–Trinajstić information content (AvgIpc) is 3.12. The number of carbonyl (C=O) groups is 1. The third-order valence-electron chi connectivity index (χ3n) is 4.72. The van der Waals surface area contributed by atoms with Crippen molar-refractivity contribution in [3.05, 3.63) is 54.1 Å². The van der Waals surface area contributed by atoms with Crippen LogP contribution in [0.15, 0.2) is 48.5 Å². The van der Waals surface area contributed by atoms with Crippen molar-refractivity contribution in [2.24, 2.45) is 0 Å². The highest BCUT2D eigenvalue weighted by molar-refractivity contribution is 7.80. The van der Waals surface area contributed by atoms with Crippen LogP contribution in [0.1, 0.15) is 37.8 Å². The number of hydrogen-bond acceptors (Lipinski definition) is 3. The SMILES string of the molecule is CCC(NC(=S)Nc1cccc(N2CCCC2=O)c1)c1ccc(OC)cc1. The Morgan fingerprint density at radius 2 is 2.04 bits per heavy atom. The van der Waals surface area contributed by atoms with Crippen molar-refractivity contribution in [2.45, 2.75) is 32.2 Å². The maximum atomic E-state index is 12.0. The Morgan fingerprint density at radius 3 is 2.67 bits per heavy atom. The predicted molar refractivity (Wildman–Crippen MR) is 113 cm³/mol. The largest absolute Gasteiger partial charge is 0.497 e. The number of hydrogen-bond donors (Lipinski definition) is 2. The molecule has 0 spiro atoms. The van der Waals surface area contributed by atoms with Gasteiger partial charge in [0.05, 0.1) is 13.2 Å². The zero-order chi connectivity index (χ0) is 19.2. The number of nitrogens with zero attached hydrogens (tertiary/aromatic N) is 1. The number of methoxy groups -OCH3 is 1. The number of carbonyl (C=O) groups excluding carboxylic acids is 1. The highest BCUT2D eigenvalue weighted by Crippen LogP contribution is 2.25. The second-order valence-electron chi connectivity index (χ2n) is 6.53. The van der Waals surface area contributed by atoms with Crippen molar-refractivity contribution in [3.63, 3.8) is 0 Å². The highest BCUT2D eigenvalue weighted by atomic mass is 32.1. The van der Waals surface area contributed by atoms with Gasteiger partial charge in [-0.1, -0.05) is 25.1 Å². The molecule has 1 aliphatic heterocycles. The molecule has 1 amide bonds. The molecule has 3 rings (SSSR count). The number of anilines is 2. The van der Waals surface area contributed by atoms with Gasteiger partial charge in [0.1, 0.15) is 5.75 Å². The number of thiocarbonyl (C=S) groups is 1. The van der Waals surface area contributed by atoms with Crippen LogP contribution < -0.4 is 20.3 Å². The average molecular weight is 384 g/mol. The van der Waals surface area contributed by atoms with Gasteiger partial charge in [0.15, 0.2) is 5.11 Å². The van der Waals surface area contributed by atoms with Crippen molar-refractivity contribution in [1.82, 2.24) is 5.32 Å². The van der Waals surface area contributed by atoms with Crippen LogP contribution in [0.3, 0.4) is 0 Å². The van der Waals surface area contributed by atoms with Crippen molar-refractivity contribution in [2.75, 3.05) is 23.9 Å². The Balaban J connectivity index is 1.64. The van der Waals surface area contributed by atoms with Gasteiger partial charge in [0.2, 0.25) is 5.91 Å². The second kappa shape index (κ2) is 8.86. The summed E-state index contributed by atoms with van der Waals surface area (Å²) in [5.41, 5.74) is 2.93. The van der Waals surface area contributed by atoms with Crippen LogP contribution in [0.4, 0.5) is 11.4 Å². The van der Waals surface area contributed by atoms with Gasteiger partial charge in [-0.2, -0.15) is 0 Å². The molecule has 0 saturated carbocycles. The molecule has 1 saturated heterocycles. The van der Waals surface area contributed by atoms with E-state index >= 15 is 0 Å². The lowest BCUT2D eigenvalue weighted by Crippen LogP contribution is -2.32. The predicted octanol–water partition coefficient (Wildman–Crippen LogP) is 4.26. The number of rotatable bonds is 6. The molecular weight excluding hydrogens is 358 g/mol. The standard InChI is InChI=1S/C21H25N3O2S/c1-3-19(15-9-11-18(26-2)12-10-15)23-21(27)22-16-6-4-7-17(14-16)24-13-5-8-20(24)25/h4,6-7,9-12,14,19H,3,5,8,13H2,1-2H3,(H2,22,23,27). The van der Waals surface area contributed by atoms with E-state index in [1.807, 2.05) is 53.4 Å². The van der Waals surface area contributed by atoms with Gasteiger partial charge in [-0.25, -0.2) is 0 Å². The van der Waals surface area contributed by atoms with Gasteiger partial charge in [-0.3, -0.25) is 4.79 Å². The summed E-state index contributed by atoms with van der Waals surface area (Å²) >= 11 is 5.50. The molecular formula is C21H25N3O2S. The molecule has 5 nitrogen and oxygen atoms in total. The smallest absolute Gasteiger partial charge is 0.227 e. The van der Waals surface area contributed by atoms with Crippen molar-refractivity contribution < 1.29 is 9.53 Å². The first-order valence-corrected chi connectivity index (χ1v) is 9.63. The summed E-state index contributed by atoms with van der Waals surface area (Å²) in [4.78, 5) is 13.8. The molecule has 2 aromatic carbocycles. The first kappa shape index (κ1) is 19.2. The van der Waals surface area contributed by atoms with E-state index in [1.54, 1.807) is 7.11 Å². The van der Waals surface area contributed by atoms with Crippen molar-refractivity contribution >= 4 is 34.6 Å². The Hall–Kier alpha value is -2.60. The summed E-state index contributed by atoms with van der Waals surface area (Å²) in [6, 6.07) is 15.9. The zero-order valence-electron chi connectivity index (χ0n) is 15.7. The number of amides is 1. The van der Waals surface area contributed by atoms with Crippen LogP contribution in [0.2, 0.25) is 0 Å². The third-order valence-corrected chi connectivity index (χ3v) is 4.94. The van der Waals surface area contributed by atoms with Crippen LogP contribution >= 0.6 is 12.2 Å². The second-order valence-corrected chi connectivity index (χ2v) is 6.94. The van der Waals surface area contributed by atoms with E-state index in [2.05, 4.69) is 17.6 Å². The minimum absolute atomic E-state index is 0.110. The van der Waals surface area contributed by atoms with Crippen molar-refractivity contribution in [1.29, 1.82) is 0 Å². The summed E-state index contributed by atoms with van der Waals surface area (Å²) in [5, 5.41) is 7.16. The topological polar surface area (TPSA) is 53.6 Å². The van der Waals surface area contributed by atoms with E-state index in [0.29, 0.717) is 11.5 Å². The van der Waals surface area contributed by atoms with Gasteiger partial charge < -0.3 is 20.3 Å². The molecule has 2 aromatic rings. The Bertz CT molecular complexity index is 807. The number of nitrogens with one attached hydrogen (secondary N) is 2. The van der Waals surface area contributed by atoms with Gasteiger partial charge in [0.25, 0.3) is 0 Å². The van der Waals surface area contributed by atoms with E-state index in [9.17, 15) is 4.79 Å². The van der Waals surface area contributed by atoms with Crippen LogP contribution in [0.25, 0.3) is 0 Å². The molecule has 142 valence electrons. The summed E-state index contributed by atoms with van der Waals surface area (Å²) in [7, 11) is 1.66. The van der Waals surface area contributed by atoms with Crippen LogP contribution in [-0.2, 0) is 4.79 Å². The fraction of sp³-hybridized carbons (Fsp3) is 0.333. The third kappa shape index (κ3) is 4.77. The van der Waals surface area contributed by atoms with E-state index in [0.717, 1.165) is 42.1 Å². The van der Waals surface area contributed by atoms with E-state index in [4.69, 9.17) is 17.0 Å². The van der Waals surface area contributed by atoms with Crippen molar-refractivity contribution in [3.8, 4) is 5.75 Å². The van der Waals surface area contributed by atoms with E-state index in [1.165, 1.54) is 0 Å². The van der Waals surface area contributed by atoms with E-state index in [-0.39, 0.29) is 11.9 Å². The minimum Gasteiger partial charge on any atom is -0.497 e. The van der Waals surface area contributed by atoms with Crippen LogP contribution in [0, 0.1) is 0 Å². The quantitative estimate of drug-likeness (QED) is 0.730. The molecule has 1 heterocycles. The fourth-order valence-electron chi connectivity index (χ4n) is 3.26. The first-order valence-electron chi connectivity index (χ1n) is 9.22. The Labute approximate surface area is 165 Å². The lowest BCUT2D eigenvalue weighted by molar-refractivity contribution is -0.117. The van der Waals surface area contributed by atoms with Gasteiger partial charge >= 0.3 is 0 Å². The van der Waals surface area contributed by atoms with Crippen LogP contribution in [0.5, 0.6) is 5.75 Å². The lowest BCUT2D eigenvalue weighted by atomic mass is 10.0. The number of benzene rings is 2. The molecule has 0 radical (unpaired) electrons. The fourth-order valence-corrected chi connectivity index (χ4v) is 3.52. The molecule has 0 bridgehead atoms. The number of ether oxygens (including phenoxy) is 1. The van der Waals surface area contributed by atoms with Gasteiger partial charge in [0, 0.05) is 24.3 Å². The minimum atomic E-state index is 0.110. The molecule has 2 N–H and O–H groups in total. The summed E-state index contributed by atoms with van der Waals surface area (Å²) in [6.07, 6.45) is 2.44. The van der Waals surface area contributed by atoms with E-state index < -0.39 is 0 Å². The molecule has 1 unspecified atom stereocenters. The zero-order valence-corrected chi connectivity index (χ0v) is 16.5. The molecule has 0 aromatic heterocycles. The highest BCUT2D eigenvalue weighted by Gasteiger charge is 2.21. The monoisotopic (exact) mass is 383 g/mol. The Morgan fingerprint density at radius 1 is 1.26 bits per heavy atom. The molecule has 1 fully saturated rings. The van der Waals surface area contributed by atoms with Gasteiger partial charge in [-0.15, -0.1) is 0 Å². The summed E-state index contributed by atoms with van der Waals surface area (Å²) in [5.74, 6) is 1.01. The molecule has 1 atom stereocenters. The van der Waals surface area contributed by atoms with Crippen LogP contribution in [-0.4, -0.2) is 24.7 Å². The summed E-state index contributed by atoms with van der Waals surface area (Å²) in [6.45, 7) is 2.89. The molecule has 27 heavy (non-hydrogen) atoms. The maximum Gasteiger partial charge on any atom is 0.227 e. The normalized spacial score (nSPS) is 14.7. The first-order chi connectivity index (χ1) is 13.1. The maximum absolute atomic E-state index is 12.0. The molecule has 6 heteroatoms. The molecule has 0 aliphatic carbocycles. The Kier molecular flexibility index (Phi) is 6.29. The lowest BCUT2D eigenvalue weighted by Gasteiger charge is -2.21. The molecule has 1 aliphatic rings.